The zero-order valence-corrected chi connectivity index (χ0v) is 16.1. The Morgan fingerprint density at radius 1 is 1.24 bits per heavy atom. The number of likely N-dealkylation sites (tertiary alicyclic amines) is 1. The fraction of sp³-hybridized carbons (Fsp3) is 0.684. The maximum Gasteiger partial charge on any atom is 0.146 e. The smallest absolute Gasteiger partial charge is 0.146 e. The molecule has 2 aliphatic rings. The van der Waals surface area contributed by atoms with Gasteiger partial charge in [0.05, 0.1) is 18.5 Å². The van der Waals surface area contributed by atoms with Gasteiger partial charge >= 0.3 is 0 Å². The number of piperidine rings is 1. The summed E-state index contributed by atoms with van der Waals surface area (Å²) in [6, 6.07) is 0. The van der Waals surface area contributed by atoms with Gasteiger partial charge in [0.1, 0.15) is 16.5 Å². The molecule has 3 heterocycles. The molecule has 0 atom stereocenters. The van der Waals surface area contributed by atoms with Crippen LogP contribution in [0, 0.1) is 5.92 Å². The number of fused-ring (bicyclic) bond motifs is 3. The summed E-state index contributed by atoms with van der Waals surface area (Å²) in [4.78, 5) is 17.1. The van der Waals surface area contributed by atoms with E-state index in [-0.39, 0.29) is 6.61 Å². The predicted molar refractivity (Wildman–Crippen MR) is 103 cm³/mol. The van der Waals surface area contributed by atoms with E-state index in [0.29, 0.717) is 6.54 Å². The van der Waals surface area contributed by atoms with E-state index in [1.807, 2.05) is 18.4 Å². The number of aliphatic hydroxyl groups excluding tert-OH is 1. The third-order valence-electron chi connectivity index (χ3n) is 5.63. The van der Waals surface area contributed by atoms with Crippen LogP contribution in [-0.2, 0) is 19.4 Å². The molecule has 1 aliphatic carbocycles. The lowest BCUT2D eigenvalue weighted by Crippen LogP contribution is -2.33. The Balaban J connectivity index is 1.68. The molecule has 0 spiro atoms. The standard InChI is InChI=1S/C19H28N4OS/c1-13-6-8-23(9-7-13)12-16-20-18(22(2)10-11-24)17-14-4-3-5-15(14)25-19(17)21-16/h13,24H,3-12H2,1-2H3. The minimum atomic E-state index is 0.146. The molecule has 2 aromatic rings. The number of aromatic nitrogens is 2. The van der Waals surface area contributed by atoms with Crippen molar-refractivity contribution in [2.75, 3.05) is 38.2 Å². The summed E-state index contributed by atoms with van der Waals surface area (Å²) in [6.45, 7) is 6.22. The van der Waals surface area contributed by atoms with E-state index in [2.05, 4.69) is 16.7 Å². The molecule has 6 heteroatoms. The lowest BCUT2D eigenvalue weighted by atomic mass is 9.99. The molecule has 1 saturated heterocycles. The van der Waals surface area contributed by atoms with Crippen molar-refractivity contribution in [2.24, 2.45) is 5.92 Å². The first-order valence-corrected chi connectivity index (χ1v) is 10.3. The fourth-order valence-electron chi connectivity index (χ4n) is 4.04. The Morgan fingerprint density at radius 3 is 2.80 bits per heavy atom. The van der Waals surface area contributed by atoms with E-state index in [4.69, 9.17) is 9.97 Å². The molecule has 0 bridgehead atoms. The van der Waals surface area contributed by atoms with Crippen LogP contribution in [0.15, 0.2) is 0 Å². The first-order chi connectivity index (χ1) is 12.2. The van der Waals surface area contributed by atoms with E-state index in [0.717, 1.165) is 48.4 Å². The first kappa shape index (κ1) is 17.2. The van der Waals surface area contributed by atoms with Crippen LogP contribution in [-0.4, -0.2) is 53.3 Å². The summed E-state index contributed by atoms with van der Waals surface area (Å²) < 4.78 is 0. The molecule has 0 unspecified atom stereocenters. The second-order valence-corrected chi connectivity index (χ2v) is 8.69. The second-order valence-electron chi connectivity index (χ2n) is 7.60. The summed E-state index contributed by atoms with van der Waals surface area (Å²) in [5, 5.41) is 10.6. The number of hydrogen-bond acceptors (Lipinski definition) is 6. The Bertz CT molecular complexity index is 751. The topological polar surface area (TPSA) is 52.5 Å². The van der Waals surface area contributed by atoms with Crippen LogP contribution < -0.4 is 4.90 Å². The normalized spacial score (nSPS) is 18.8. The Hall–Kier alpha value is -1.24. The van der Waals surface area contributed by atoms with Gasteiger partial charge in [0.25, 0.3) is 0 Å². The van der Waals surface area contributed by atoms with Crippen molar-refractivity contribution in [2.45, 2.75) is 45.6 Å². The zero-order chi connectivity index (χ0) is 17.4. The third-order valence-corrected chi connectivity index (χ3v) is 6.82. The molecule has 0 amide bonds. The van der Waals surface area contributed by atoms with E-state index in [1.54, 1.807) is 0 Å². The molecule has 1 aliphatic heterocycles. The van der Waals surface area contributed by atoms with E-state index in [1.165, 1.54) is 41.5 Å². The van der Waals surface area contributed by atoms with Crippen molar-refractivity contribution in [3.05, 3.63) is 16.3 Å². The molecule has 2 aromatic heterocycles. The molecule has 1 fully saturated rings. The molecular weight excluding hydrogens is 332 g/mol. The minimum Gasteiger partial charge on any atom is -0.395 e. The number of aryl methyl sites for hydroxylation is 2. The molecule has 136 valence electrons. The van der Waals surface area contributed by atoms with Crippen LogP contribution in [0.4, 0.5) is 5.82 Å². The highest BCUT2D eigenvalue weighted by molar-refractivity contribution is 7.19. The number of anilines is 1. The summed E-state index contributed by atoms with van der Waals surface area (Å²) in [5.74, 6) is 2.78. The van der Waals surface area contributed by atoms with Gasteiger partial charge in [-0.05, 0) is 56.7 Å². The average Bonchev–Trinajstić information content (AvgIpc) is 3.17. The summed E-state index contributed by atoms with van der Waals surface area (Å²) in [7, 11) is 2.03. The van der Waals surface area contributed by atoms with Crippen LogP contribution in [0.1, 0.15) is 42.5 Å². The van der Waals surface area contributed by atoms with Gasteiger partial charge in [-0.25, -0.2) is 9.97 Å². The van der Waals surface area contributed by atoms with Crippen molar-refractivity contribution < 1.29 is 5.11 Å². The number of aliphatic hydroxyl groups is 1. The van der Waals surface area contributed by atoms with Gasteiger partial charge in [-0.2, -0.15) is 0 Å². The predicted octanol–water partition coefficient (Wildman–Crippen LogP) is 2.84. The second kappa shape index (κ2) is 7.17. The number of thiophene rings is 1. The summed E-state index contributed by atoms with van der Waals surface area (Å²) >= 11 is 1.85. The fourth-order valence-corrected chi connectivity index (χ4v) is 5.32. The maximum atomic E-state index is 9.38. The van der Waals surface area contributed by atoms with Gasteiger partial charge in [-0.15, -0.1) is 11.3 Å². The lowest BCUT2D eigenvalue weighted by Gasteiger charge is -2.29. The summed E-state index contributed by atoms with van der Waals surface area (Å²) in [5.41, 5.74) is 1.46. The van der Waals surface area contributed by atoms with Gasteiger partial charge in [0, 0.05) is 18.5 Å². The lowest BCUT2D eigenvalue weighted by molar-refractivity contribution is 0.181. The Kier molecular flexibility index (Phi) is 4.93. The Morgan fingerprint density at radius 2 is 2.04 bits per heavy atom. The highest BCUT2D eigenvalue weighted by Crippen LogP contribution is 2.40. The van der Waals surface area contributed by atoms with Crippen molar-refractivity contribution in [3.8, 4) is 0 Å². The van der Waals surface area contributed by atoms with Crippen LogP contribution in [0.25, 0.3) is 10.2 Å². The summed E-state index contributed by atoms with van der Waals surface area (Å²) in [6.07, 6.45) is 6.11. The van der Waals surface area contributed by atoms with Crippen LogP contribution in [0.2, 0.25) is 0 Å². The monoisotopic (exact) mass is 360 g/mol. The highest BCUT2D eigenvalue weighted by Gasteiger charge is 2.24. The van der Waals surface area contributed by atoms with Crippen molar-refractivity contribution in [3.63, 3.8) is 0 Å². The molecule has 1 N–H and O–H groups in total. The number of hydrogen-bond donors (Lipinski definition) is 1. The van der Waals surface area contributed by atoms with Crippen LogP contribution in [0.3, 0.4) is 0 Å². The van der Waals surface area contributed by atoms with Crippen LogP contribution in [0.5, 0.6) is 0 Å². The molecule has 0 radical (unpaired) electrons. The number of nitrogens with zero attached hydrogens (tertiary/aromatic N) is 4. The van der Waals surface area contributed by atoms with E-state index < -0.39 is 0 Å². The van der Waals surface area contributed by atoms with Gasteiger partial charge in [0.2, 0.25) is 0 Å². The Labute approximate surface area is 153 Å². The van der Waals surface area contributed by atoms with Gasteiger partial charge in [-0.3, -0.25) is 4.90 Å². The van der Waals surface area contributed by atoms with Crippen molar-refractivity contribution in [1.82, 2.24) is 14.9 Å². The third kappa shape index (κ3) is 3.39. The molecule has 0 aromatic carbocycles. The molecular formula is C19H28N4OS. The van der Waals surface area contributed by atoms with Crippen molar-refractivity contribution in [1.29, 1.82) is 0 Å². The van der Waals surface area contributed by atoms with E-state index >= 15 is 0 Å². The molecule has 0 saturated carbocycles. The molecule has 5 nitrogen and oxygen atoms in total. The number of likely N-dealkylation sites (N-methyl/N-ethyl adjacent to an activating group) is 1. The first-order valence-electron chi connectivity index (χ1n) is 9.51. The van der Waals surface area contributed by atoms with E-state index in [9.17, 15) is 5.11 Å². The SMILES string of the molecule is CC1CCN(Cc2nc(N(C)CCO)c3c4c(sc3n2)CCC4)CC1. The molecule has 25 heavy (non-hydrogen) atoms. The highest BCUT2D eigenvalue weighted by atomic mass is 32.1. The van der Waals surface area contributed by atoms with Gasteiger partial charge < -0.3 is 10.0 Å². The van der Waals surface area contributed by atoms with Gasteiger partial charge in [-0.1, -0.05) is 6.92 Å². The number of rotatable bonds is 5. The average molecular weight is 361 g/mol. The largest absolute Gasteiger partial charge is 0.395 e. The minimum absolute atomic E-state index is 0.146. The van der Waals surface area contributed by atoms with Gasteiger partial charge in [0.15, 0.2) is 0 Å². The molecule has 4 rings (SSSR count). The van der Waals surface area contributed by atoms with Crippen molar-refractivity contribution >= 4 is 27.4 Å². The zero-order valence-electron chi connectivity index (χ0n) is 15.3. The maximum absolute atomic E-state index is 9.38. The van der Waals surface area contributed by atoms with Crippen LogP contribution >= 0.6 is 11.3 Å². The quantitative estimate of drug-likeness (QED) is 0.889.